The molecule has 0 spiro atoms. The Labute approximate surface area is 82.0 Å². The summed E-state index contributed by atoms with van der Waals surface area (Å²) in [5.41, 5.74) is 7.48. The summed E-state index contributed by atoms with van der Waals surface area (Å²) in [5, 5.41) is 3.10. The van der Waals surface area contributed by atoms with Crippen LogP contribution >= 0.6 is 0 Å². The Morgan fingerprint density at radius 2 is 2.29 bits per heavy atom. The first-order chi connectivity index (χ1) is 6.66. The summed E-state index contributed by atoms with van der Waals surface area (Å²) >= 11 is 0. The Morgan fingerprint density at radius 1 is 1.50 bits per heavy atom. The van der Waals surface area contributed by atoms with Gasteiger partial charge < -0.3 is 16.0 Å². The van der Waals surface area contributed by atoms with E-state index in [9.17, 15) is 4.39 Å². The van der Waals surface area contributed by atoms with Crippen LogP contribution in [0.5, 0.6) is 0 Å². The van der Waals surface area contributed by atoms with Crippen LogP contribution < -0.4 is 16.0 Å². The summed E-state index contributed by atoms with van der Waals surface area (Å²) in [4.78, 5) is 1.81. The molecular formula is C10H12FN3. The fraction of sp³-hybridized carbons (Fsp3) is 0.200. The van der Waals surface area contributed by atoms with Gasteiger partial charge in [-0.3, -0.25) is 0 Å². The minimum Gasteiger partial charge on any atom is -0.399 e. The fourth-order valence-corrected chi connectivity index (χ4v) is 1.45. The fourth-order valence-electron chi connectivity index (χ4n) is 1.45. The first-order valence-electron chi connectivity index (χ1n) is 4.41. The van der Waals surface area contributed by atoms with Crippen molar-refractivity contribution in [2.75, 3.05) is 17.3 Å². The number of hydrogen-bond acceptors (Lipinski definition) is 3. The highest BCUT2D eigenvalue weighted by Gasteiger charge is 2.13. The monoisotopic (exact) mass is 193 g/mol. The number of rotatable bonds is 1. The van der Waals surface area contributed by atoms with E-state index in [0.29, 0.717) is 18.0 Å². The van der Waals surface area contributed by atoms with Crippen molar-refractivity contribution in [2.24, 2.45) is 0 Å². The molecule has 3 N–H and O–H groups in total. The van der Waals surface area contributed by atoms with Crippen molar-refractivity contribution >= 4 is 11.4 Å². The van der Waals surface area contributed by atoms with Crippen molar-refractivity contribution < 1.29 is 4.39 Å². The van der Waals surface area contributed by atoms with Crippen LogP contribution in [0.15, 0.2) is 30.1 Å². The maximum Gasteiger partial charge on any atom is 0.148 e. The average molecular weight is 193 g/mol. The summed E-state index contributed by atoms with van der Waals surface area (Å²) in [7, 11) is 0. The van der Waals surface area contributed by atoms with Crippen LogP contribution in [0.3, 0.4) is 0 Å². The largest absolute Gasteiger partial charge is 0.399 e. The van der Waals surface area contributed by atoms with Crippen LogP contribution in [-0.2, 0) is 0 Å². The molecular weight excluding hydrogens is 181 g/mol. The standard InChI is InChI=1S/C10H12FN3/c1-7-5-14(6-13-7)10-3-2-8(12)4-9(10)11/h2-5,13H,6,12H2,1H3. The zero-order chi connectivity index (χ0) is 10.1. The molecule has 0 saturated carbocycles. The third kappa shape index (κ3) is 1.51. The molecule has 74 valence electrons. The van der Waals surface area contributed by atoms with Crippen LogP contribution in [0.1, 0.15) is 6.92 Å². The minimum atomic E-state index is -0.294. The summed E-state index contributed by atoms with van der Waals surface area (Å²) < 4.78 is 13.5. The molecule has 2 rings (SSSR count). The van der Waals surface area contributed by atoms with Gasteiger partial charge in [-0.2, -0.15) is 0 Å². The molecule has 0 bridgehead atoms. The molecule has 3 nitrogen and oxygen atoms in total. The lowest BCUT2D eigenvalue weighted by atomic mass is 10.2. The highest BCUT2D eigenvalue weighted by molar-refractivity contribution is 5.57. The molecule has 1 aromatic carbocycles. The number of nitrogens with two attached hydrogens (primary N) is 1. The number of nitrogen functional groups attached to an aromatic ring is 1. The quantitative estimate of drug-likeness (QED) is 0.666. The topological polar surface area (TPSA) is 41.3 Å². The van der Waals surface area contributed by atoms with Gasteiger partial charge in [0.1, 0.15) is 5.82 Å². The van der Waals surface area contributed by atoms with Crippen LogP contribution in [-0.4, -0.2) is 6.67 Å². The molecule has 14 heavy (non-hydrogen) atoms. The Hall–Kier alpha value is -1.71. The van der Waals surface area contributed by atoms with E-state index in [-0.39, 0.29) is 5.82 Å². The summed E-state index contributed by atoms with van der Waals surface area (Å²) in [6.45, 7) is 2.54. The zero-order valence-electron chi connectivity index (χ0n) is 7.92. The number of nitrogens with one attached hydrogen (secondary N) is 1. The summed E-state index contributed by atoms with van der Waals surface area (Å²) in [5.74, 6) is -0.294. The smallest absolute Gasteiger partial charge is 0.148 e. The van der Waals surface area contributed by atoms with Crippen LogP contribution in [0, 0.1) is 5.82 Å². The molecule has 0 unspecified atom stereocenters. The van der Waals surface area contributed by atoms with Gasteiger partial charge in [0.15, 0.2) is 0 Å². The van der Waals surface area contributed by atoms with Gasteiger partial charge in [0.05, 0.1) is 12.4 Å². The average Bonchev–Trinajstić information content (AvgIpc) is 2.51. The van der Waals surface area contributed by atoms with Crippen molar-refractivity contribution in [1.82, 2.24) is 5.32 Å². The van der Waals surface area contributed by atoms with Crippen molar-refractivity contribution in [3.8, 4) is 0 Å². The third-order valence-electron chi connectivity index (χ3n) is 2.16. The van der Waals surface area contributed by atoms with Gasteiger partial charge >= 0.3 is 0 Å². The molecule has 1 aromatic rings. The molecule has 1 aliphatic heterocycles. The van der Waals surface area contributed by atoms with Crippen molar-refractivity contribution in [3.05, 3.63) is 35.9 Å². The molecule has 1 aliphatic rings. The number of halogens is 1. The number of allylic oxidation sites excluding steroid dienone is 1. The van der Waals surface area contributed by atoms with E-state index in [4.69, 9.17) is 5.73 Å². The normalized spacial score (nSPS) is 15.3. The minimum absolute atomic E-state index is 0.294. The van der Waals surface area contributed by atoms with Gasteiger partial charge in [-0.15, -0.1) is 0 Å². The molecule has 0 saturated heterocycles. The maximum absolute atomic E-state index is 13.5. The number of hydrogen-bond donors (Lipinski definition) is 2. The van der Waals surface area contributed by atoms with E-state index in [1.807, 2.05) is 18.0 Å². The van der Waals surface area contributed by atoms with Gasteiger partial charge in [0, 0.05) is 17.6 Å². The van der Waals surface area contributed by atoms with E-state index in [0.717, 1.165) is 5.70 Å². The van der Waals surface area contributed by atoms with Crippen molar-refractivity contribution in [3.63, 3.8) is 0 Å². The number of anilines is 2. The Kier molecular flexibility index (Phi) is 2.04. The molecule has 0 aliphatic carbocycles. The SMILES string of the molecule is CC1=CN(c2ccc(N)cc2F)CN1. The molecule has 0 radical (unpaired) electrons. The van der Waals surface area contributed by atoms with E-state index in [1.165, 1.54) is 6.07 Å². The van der Waals surface area contributed by atoms with E-state index < -0.39 is 0 Å². The molecule has 0 aromatic heterocycles. The van der Waals surface area contributed by atoms with Crippen LogP contribution in [0.2, 0.25) is 0 Å². The number of nitrogens with zero attached hydrogens (tertiary/aromatic N) is 1. The second-order valence-electron chi connectivity index (χ2n) is 3.33. The highest BCUT2D eigenvalue weighted by atomic mass is 19.1. The lowest BCUT2D eigenvalue weighted by Crippen LogP contribution is -2.21. The van der Waals surface area contributed by atoms with Gasteiger partial charge in [0.2, 0.25) is 0 Å². The molecule has 0 amide bonds. The number of benzene rings is 1. The Bertz CT molecular complexity index is 387. The molecule has 4 heteroatoms. The molecule has 1 heterocycles. The van der Waals surface area contributed by atoms with Crippen LogP contribution in [0.4, 0.5) is 15.8 Å². The van der Waals surface area contributed by atoms with Crippen molar-refractivity contribution in [2.45, 2.75) is 6.92 Å². The van der Waals surface area contributed by atoms with Gasteiger partial charge in [-0.25, -0.2) is 4.39 Å². The van der Waals surface area contributed by atoms with Crippen LogP contribution in [0.25, 0.3) is 0 Å². The summed E-state index contributed by atoms with van der Waals surface area (Å²) in [6.07, 6.45) is 1.87. The highest BCUT2D eigenvalue weighted by Crippen LogP contribution is 2.23. The lowest BCUT2D eigenvalue weighted by Gasteiger charge is -2.15. The van der Waals surface area contributed by atoms with E-state index in [2.05, 4.69) is 5.32 Å². The Morgan fingerprint density at radius 3 is 2.86 bits per heavy atom. The summed E-state index contributed by atoms with van der Waals surface area (Å²) in [6, 6.07) is 4.71. The second-order valence-corrected chi connectivity index (χ2v) is 3.33. The van der Waals surface area contributed by atoms with E-state index in [1.54, 1.807) is 12.1 Å². The second kappa shape index (κ2) is 3.21. The first kappa shape index (κ1) is 8.87. The zero-order valence-corrected chi connectivity index (χ0v) is 7.92. The predicted molar refractivity (Wildman–Crippen MR) is 55.1 cm³/mol. The maximum atomic E-state index is 13.5. The third-order valence-corrected chi connectivity index (χ3v) is 2.16. The first-order valence-corrected chi connectivity index (χ1v) is 4.41. The van der Waals surface area contributed by atoms with Gasteiger partial charge in [-0.1, -0.05) is 0 Å². The van der Waals surface area contributed by atoms with Gasteiger partial charge in [-0.05, 0) is 25.1 Å². The van der Waals surface area contributed by atoms with Gasteiger partial charge in [0.25, 0.3) is 0 Å². The molecule has 0 atom stereocenters. The predicted octanol–water partition coefficient (Wildman–Crippen LogP) is 1.64. The molecule has 0 fully saturated rings. The van der Waals surface area contributed by atoms with E-state index >= 15 is 0 Å². The Balaban J connectivity index is 2.33. The lowest BCUT2D eigenvalue weighted by molar-refractivity contribution is 0.625. The van der Waals surface area contributed by atoms with Crippen molar-refractivity contribution in [1.29, 1.82) is 0 Å².